The maximum atomic E-state index is 8.80. The molecule has 0 fully saturated rings. The maximum Gasteiger partial charge on any atom is 0.202 e. The van der Waals surface area contributed by atoms with E-state index in [0.717, 1.165) is 24.2 Å². The lowest BCUT2D eigenvalue weighted by atomic mass is 10.0. The van der Waals surface area contributed by atoms with Gasteiger partial charge in [0.25, 0.3) is 0 Å². The molecular weight excluding hydrogens is 330 g/mol. The molecule has 3 aromatic rings. The summed E-state index contributed by atoms with van der Waals surface area (Å²) in [7, 11) is 3.96. The zero-order chi connectivity index (χ0) is 19.1. The van der Waals surface area contributed by atoms with Crippen molar-refractivity contribution in [3.63, 3.8) is 0 Å². The molecular formula is C24H27N3. The molecule has 138 valence electrons. The van der Waals surface area contributed by atoms with E-state index in [0.29, 0.717) is 11.9 Å². The molecule has 1 aliphatic rings. The molecule has 3 nitrogen and oxygen atoms in total. The topological polar surface area (TPSA) is 30.3 Å². The van der Waals surface area contributed by atoms with E-state index in [1.165, 1.54) is 27.5 Å². The van der Waals surface area contributed by atoms with E-state index in [4.69, 9.17) is 5.41 Å². The van der Waals surface area contributed by atoms with E-state index in [-0.39, 0.29) is 0 Å². The molecule has 0 unspecified atom stereocenters. The monoisotopic (exact) mass is 357 g/mol. The van der Waals surface area contributed by atoms with Gasteiger partial charge in [-0.15, -0.1) is 0 Å². The van der Waals surface area contributed by atoms with Gasteiger partial charge in [0.05, 0.1) is 5.69 Å². The second kappa shape index (κ2) is 6.73. The van der Waals surface area contributed by atoms with Gasteiger partial charge < -0.3 is 9.80 Å². The van der Waals surface area contributed by atoms with Crippen LogP contribution in [0.5, 0.6) is 0 Å². The van der Waals surface area contributed by atoms with Gasteiger partial charge in [-0.2, -0.15) is 0 Å². The molecule has 0 aromatic heterocycles. The smallest absolute Gasteiger partial charge is 0.202 e. The highest BCUT2D eigenvalue weighted by atomic mass is 15.3. The predicted octanol–water partition coefficient (Wildman–Crippen LogP) is 5.57. The Morgan fingerprint density at radius 2 is 1.59 bits per heavy atom. The van der Waals surface area contributed by atoms with Crippen LogP contribution in [0.4, 0.5) is 11.4 Å². The molecule has 0 atom stereocenters. The third-order valence-electron chi connectivity index (χ3n) is 5.77. The van der Waals surface area contributed by atoms with Crippen LogP contribution in [0.2, 0.25) is 0 Å². The summed E-state index contributed by atoms with van der Waals surface area (Å²) in [6.07, 6.45) is 2.25. The maximum absolute atomic E-state index is 8.80. The normalized spacial score (nSPS) is 12.6. The number of nitrogens with one attached hydrogen (secondary N) is 1. The van der Waals surface area contributed by atoms with Crippen molar-refractivity contribution in [1.29, 1.82) is 5.41 Å². The minimum absolute atomic E-state index is 0.467. The molecule has 1 aliphatic carbocycles. The van der Waals surface area contributed by atoms with Crippen LogP contribution in [0.1, 0.15) is 36.5 Å². The first kappa shape index (κ1) is 17.6. The van der Waals surface area contributed by atoms with Crippen molar-refractivity contribution in [2.75, 3.05) is 23.9 Å². The van der Waals surface area contributed by atoms with Crippen molar-refractivity contribution in [2.45, 2.75) is 32.6 Å². The van der Waals surface area contributed by atoms with Crippen molar-refractivity contribution < 1.29 is 0 Å². The number of anilines is 2. The van der Waals surface area contributed by atoms with Crippen molar-refractivity contribution >= 4 is 28.1 Å². The highest BCUT2D eigenvalue weighted by Gasteiger charge is 2.20. The fraction of sp³-hybridized carbons (Fsp3) is 0.292. The Labute approximate surface area is 161 Å². The Kier molecular flexibility index (Phi) is 4.39. The van der Waals surface area contributed by atoms with Gasteiger partial charge >= 0.3 is 0 Å². The fourth-order valence-corrected chi connectivity index (χ4v) is 4.08. The molecule has 0 radical (unpaired) electrons. The average molecular weight is 358 g/mol. The van der Waals surface area contributed by atoms with E-state index >= 15 is 0 Å². The van der Waals surface area contributed by atoms with Crippen molar-refractivity contribution in [2.24, 2.45) is 0 Å². The molecule has 3 heteroatoms. The Hall–Kier alpha value is -2.81. The van der Waals surface area contributed by atoms with Crippen LogP contribution < -0.4 is 9.80 Å². The highest BCUT2D eigenvalue weighted by molar-refractivity contribution is 6.10. The number of aryl methyl sites for hydroxylation is 2. The first-order chi connectivity index (χ1) is 13.0. The summed E-state index contributed by atoms with van der Waals surface area (Å²) in [5, 5.41) is 11.4. The van der Waals surface area contributed by atoms with Crippen molar-refractivity contribution in [1.82, 2.24) is 0 Å². The standard InChI is InChI=1S/C24H27N3/c1-16(2)19-8-5-9-20(15-19)26(3)24(25)27(4)22-14-13-18-12-11-17-7-6-10-21(22)23(17)18/h5-10,13-16,25H,11-12H2,1-4H3. The minimum atomic E-state index is 0.467. The zero-order valence-electron chi connectivity index (χ0n) is 16.6. The molecule has 4 rings (SSSR count). The Morgan fingerprint density at radius 3 is 2.33 bits per heavy atom. The van der Waals surface area contributed by atoms with Gasteiger partial charge in [0.2, 0.25) is 5.96 Å². The molecule has 27 heavy (non-hydrogen) atoms. The van der Waals surface area contributed by atoms with E-state index in [9.17, 15) is 0 Å². The van der Waals surface area contributed by atoms with Crippen molar-refractivity contribution in [3.05, 3.63) is 71.3 Å². The summed E-state index contributed by atoms with van der Waals surface area (Å²) < 4.78 is 0. The van der Waals surface area contributed by atoms with Crippen LogP contribution in [0, 0.1) is 5.41 Å². The lowest BCUT2D eigenvalue weighted by molar-refractivity contribution is 0.866. The van der Waals surface area contributed by atoms with Gasteiger partial charge in [0.1, 0.15) is 0 Å². The number of nitrogens with zero attached hydrogens (tertiary/aromatic N) is 2. The number of rotatable bonds is 3. The number of benzene rings is 3. The van der Waals surface area contributed by atoms with Crippen LogP contribution in [0.3, 0.4) is 0 Å². The van der Waals surface area contributed by atoms with Gasteiger partial charge in [0, 0.05) is 25.2 Å². The number of guanidine groups is 1. The molecule has 1 N–H and O–H groups in total. The molecule has 0 spiro atoms. The molecule has 0 aliphatic heterocycles. The van der Waals surface area contributed by atoms with Crippen LogP contribution >= 0.6 is 0 Å². The lowest BCUT2D eigenvalue weighted by Gasteiger charge is -2.29. The predicted molar refractivity (Wildman–Crippen MR) is 116 cm³/mol. The number of hydrogen-bond acceptors (Lipinski definition) is 1. The second-order valence-corrected chi connectivity index (χ2v) is 7.77. The minimum Gasteiger partial charge on any atom is -0.316 e. The van der Waals surface area contributed by atoms with E-state index in [1.54, 1.807) is 0 Å². The van der Waals surface area contributed by atoms with E-state index in [1.807, 2.05) is 23.9 Å². The molecule has 0 saturated carbocycles. The Morgan fingerprint density at radius 1 is 0.889 bits per heavy atom. The van der Waals surface area contributed by atoms with Gasteiger partial charge in [-0.1, -0.05) is 50.2 Å². The highest BCUT2D eigenvalue weighted by Crippen LogP contribution is 2.36. The zero-order valence-corrected chi connectivity index (χ0v) is 16.6. The molecule has 0 saturated heterocycles. The first-order valence-electron chi connectivity index (χ1n) is 9.67. The van der Waals surface area contributed by atoms with E-state index < -0.39 is 0 Å². The summed E-state index contributed by atoms with van der Waals surface area (Å²) in [6.45, 7) is 4.40. The largest absolute Gasteiger partial charge is 0.316 e. The second-order valence-electron chi connectivity index (χ2n) is 7.77. The summed E-state index contributed by atoms with van der Waals surface area (Å²) in [6, 6.07) is 19.4. The average Bonchev–Trinajstić information content (AvgIpc) is 3.12. The summed E-state index contributed by atoms with van der Waals surface area (Å²) >= 11 is 0. The lowest BCUT2D eigenvalue weighted by Crippen LogP contribution is -2.39. The van der Waals surface area contributed by atoms with Gasteiger partial charge in [-0.3, -0.25) is 5.41 Å². The number of hydrogen-bond donors (Lipinski definition) is 1. The third kappa shape index (κ3) is 2.97. The SMILES string of the molecule is CC(C)c1cccc(N(C)C(=N)N(C)c2ccc3c4c(cccc24)CC3)c1. The Bertz CT molecular complexity index is 1010. The van der Waals surface area contributed by atoms with Gasteiger partial charge in [-0.05, 0) is 59.0 Å². The summed E-state index contributed by atoms with van der Waals surface area (Å²) in [4.78, 5) is 3.94. The summed E-state index contributed by atoms with van der Waals surface area (Å²) in [5.74, 6) is 0.941. The molecule has 0 bridgehead atoms. The summed E-state index contributed by atoms with van der Waals surface area (Å²) in [5.41, 5.74) is 6.29. The molecule has 3 aromatic carbocycles. The van der Waals surface area contributed by atoms with Crippen molar-refractivity contribution in [3.8, 4) is 0 Å². The van der Waals surface area contributed by atoms with Gasteiger partial charge in [0.15, 0.2) is 0 Å². The van der Waals surface area contributed by atoms with Crippen LogP contribution in [-0.2, 0) is 12.8 Å². The first-order valence-corrected chi connectivity index (χ1v) is 9.67. The Balaban J connectivity index is 1.69. The molecule has 0 amide bonds. The van der Waals surface area contributed by atoms with Crippen LogP contribution in [0.15, 0.2) is 54.6 Å². The van der Waals surface area contributed by atoms with E-state index in [2.05, 4.69) is 68.4 Å². The quantitative estimate of drug-likeness (QED) is 0.491. The third-order valence-corrected chi connectivity index (χ3v) is 5.77. The van der Waals surface area contributed by atoms with Gasteiger partial charge in [-0.25, -0.2) is 0 Å². The van der Waals surface area contributed by atoms with Crippen LogP contribution in [-0.4, -0.2) is 20.1 Å². The van der Waals surface area contributed by atoms with Crippen LogP contribution in [0.25, 0.3) is 10.8 Å². The molecule has 0 heterocycles. The fourth-order valence-electron chi connectivity index (χ4n) is 4.08.